The van der Waals surface area contributed by atoms with Gasteiger partial charge >= 0.3 is 6.18 Å². The van der Waals surface area contributed by atoms with Gasteiger partial charge in [-0.15, -0.1) is 0 Å². The van der Waals surface area contributed by atoms with E-state index in [1.165, 1.54) is 6.08 Å². The van der Waals surface area contributed by atoms with E-state index >= 15 is 0 Å². The fraction of sp³-hybridized carbons (Fsp3) is 0.333. The minimum atomic E-state index is -4.36. The second kappa shape index (κ2) is 4.87. The van der Waals surface area contributed by atoms with E-state index in [1.54, 1.807) is 13.0 Å². The van der Waals surface area contributed by atoms with E-state index in [-0.39, 0.29) is 6.54 Å². The minimum absolute atomic E-state index is 0.220. The van der Waals surface area contributed by atoms with Crippen LogP contribution in [-0.4, -0.2) is 12.7 Å². The Morgan fingerprint density at radius 3 is 2.23 bits per heavy atom. The molecule has 0 aliphatic rings. The van der Waals surface area contributed by atoms with Crippen LogP contribution in [0, 0.1) is 0 Å². The fourth-order valence-corrected chi connectivity index (χ4v) is 0.584. The lowest BCUT2D eigenvalue weighted by Gasteiger charge is -2.04. The van der Waals surface area contributed by atoms with E-state index in [0.717, 1.165) is 6.08 Å². The first-order valence-corrected chi connectivity index (χ1v) is 3.71. The van der Waals surface area contributed by atoms with Gasteiger partial charge < -0.3 is 5.73 Å². The minimum Gasteiger partial charge on any atom is -0.327 e. The van der Waals surface area contributed by atoms with Crippen molar-refractivity contribution >= 4 is 0 Å². The maximum Gasteiger partial charge on any atom is 0.415 e. The molecule has 0 aromatic rings. The first kappa shape index (κ1) is 12.0. The van der Waals surface area contributed by atoms with Gasteiger partial charge in [0, 0.05) is 12.1 Å². The Kier molecular flexibility index (Phi) is 4.48. The second-order valence-electron chi connectivity index (χ2n) is 2.42. The summed E-state index contributed by atoms with van der Waals surface area (Å²) < 4.78 is 35.7. The van der Waals surface area contributed by atoms with Crippen LogP contribution in [0.1, 0.15) is 6.92 Å². The van der Waals surface area contributed by atoms with Crippen molar-refractivity contribution in [3.05, 3.63) is 36.0 Å². The highest BCUT2D eigenvalue weighted by atomic mass is 19.4. The number of hydrogen-bond acceptors (Lipinski definition) is 1. The van der Waals surface area contributed by atoms with Crippen LogP contribution >= 0.6 is 0 Å². The summed E-state index contributed by atoms with van der Waals surface area (Å²) >= 11 is 0. The molecule has 0 atom stereocenters. The quantitative estimate of drug-likeness (QED) is 0.681. The third-order valence-corrected chi connectivity index (χ3v) is 1.47. The molecule has 0 rings (SSSR count). The molecule has 0 unspecified atom stereocenters. The topological polar surface area (TPSA) is 26.0 Å². The Hall–Kier alpha value is -1.03. The van der Waals surface area contributed by atoms with Crippen LogP contribution in [-0.2, 0) is 0 Å². The number of rotatable bonds is 3. The van der Waals surface area contributed by atoms with E-state index in [2.05, 4.69) is 6.58 Å². The monoisotopic (exact) mass is 191 g/mol. The maximum atomic E-state index is 11.9. The average Bonchev–Trinajstić information content (AvgIpc) is 2.04. The standard InChI is InChI=1S/C9H12F3N/c1-3-8(6-13)5-4-7(2)9(10,11)12/h3-5H,2,6,13H2,1H3/b5-4-,8-3+. The molecule has 1 nitrogen and oxygen atoms in total. The van der Waals surface area contributed by atoms with Crippen molar-refractivity contribution in [2.75, 3.05) is 6.54 Å². The van der Waals surface area contributed by atoms with E-state index in [4.69, 9.17) is 5.73 Å². The Morgan fingerprint density at radius 2 is 1.92 bits per heavy atom. The van der Waals surface area contributed by atoms with Crippen molar-refractivity contribution in [2.24, 2.45) is 5.73 Å². The lowest BCUT2D eigenvalue weighted by Crippen LogP contribution is -2.08. The summed E-state index contributed by atoms with van der Waals surface area (Å²) in [5.74, 6) is 0. The van der Waals surface area contributed by atoms with E-state index in [9.17, 15) is 13.2 Å². The molecule has 0 spiro atoms. The average molecular weight is 191 g/mol. The van der Waals surface area contributed by atoms with E-state index in [1.807, 2.05) is 0 Å². The van der Waals surface area contributed by atoms with Crippen LogP contribution < -0.4 is 5.73 Å². The third kappa shape index (κ3) is 4.52. The lowest BCUT2D eigenvalue weighted by molar-refractivity contribution is -0.0878. The Morgan fingerprint density at radius 1 is 1.38 bits per heavy atom. The Labute approximate surface area is 75.4 Å². The molecule has 0 saturated carbocycles. The van der Waals surface area contributed by atoms with Gasteiger partial charge in [-0.3, -0.25) is 0 Å². The molecular weight excluding hydrogens is 179 g/mol. The van der Waals surface area contributed by atoms with Gasteiger partial charge in [-0.1, -0.05) is 24.8 Å². The van der Waals surface area contributed by atoms with Crippen molar-refractivity contribution in [3.63, 3.8) is 0 Å². The highest BCUT2D eigenvalue weighted by Gasteiger charge is 2.29. The van der Waals surface area contributed by atoms with Gasteiger partial charge in [0.15, 0.2) is 0 Å². The summed E-state index contributed by atoms with van der Waals surface area (Å²) in [6.45, 7) is 4.82. The zero-order valence-electron chi connectivity index (χ0n) is 7.36. The SMILES string of the molecule is C=C(/C=C\C(=C/C)CN)C(F)(F)F. The predicted octanol–water partition coefficient (Wildman–Crippen LogP) is 2.57. The van der Waals surface area contributed by atoms with Crippen LogP contribution in [0.2, 0.25) is 0 Å². The van der Waals surface area contributed by atoms with Gasteiger partial charge in [0.25, 0.3) is 0 Å². The van der Waals surface area contributed by atoms with Crippen molar-refractivity contribution in [1.82, 2.24) is 0 Å². The molecule has 13 heavy (non-hydrogen) atoms. The summed E-state index contributed by atoms with van der Waals surface area (Å²) in [6.07, 6.45) is -0.470. The molecule has 0 heterocycles. The predicted molar refractivity (Wildman–Crippen MR) is 47.1 cm³/mol. The molecule has 0 aliphatic heterocycles. The summed E-state index contributed by atoms with van der Waals surface area (Å²) in [5.41, 5.74) is 5.02. The molecule has 0 fully saturated rings. The molecule has 2 N–H and O–H groups in total. The molecule has 74 valence electrons. The van der Waals surface area contributed by atoms with E-state index in [0.29, 0.717) is 5.57 Å². The van der Waals surface area contributed by atoms with Crippen molar-refractivity contribution in [3.8, 4) is 0 Å². The van der Waals surface area contributed by atoms with E-state index < -0.39 is 11.7 Å². The first-order chi connectivity index (χ1) is 5.91. The number of allylic oxidation sites excluding steroid dienone is 3. The smallest absolute Gasteiger partial charge is 0.327 e. The highest BCUT2D eigenvalue weighted by Crippen LogP contribution is 2.24. The third-order valence-electron chi connectivity index (χ3n) is 1.47. The summed E-state index contributed by atoms with van der Waals surface area (Å²) in [6, 6.07) is 0. The molecule has 0 radical (unpaired) electrons. The van der Waals surface area contributed by atoms with Crippen LogP contribution in [0.5, 0.6) is 0 Å². The fourth-order valence-electron chi connectivity index (χ4n) is 0.584. The molecule has 0 aliphatic carbocycles. The molecule has 0 aromatic carbocycles. The van der Waals surface area contributed by atoms with Gasteiger partial charge in [-0.2, -0.15) is 13.2 Å². The van der Waals surface area contributed by atoms with Gasteiger partial charge in [0.1, 0.15) is 0 Å². The van der Waals surface area contributed by atoms with Gasteiger partial charge in [0.05, 0.1) is 0 Å². The highest BCUT2D eigenvalue weighted by molar-refractivity contribution is 5.28. The van der Waals surface area contributed by atoms with Gasteiger partial charge in [-0.25, -0.2) is 0 Å². The Balaban J connectivity index is 4.37. The summed E-state index contributed by atoms with van der Waals surface area (Å²) in [7, 11) is 0. The zero-order valence-corrected chi connectivity index (χ0v) is 7.36. The number of hydrogen-bond donors (Lipinski definition) is 1. The number of nitrogens with two attached hydrogens (primary N) is 1. The van der Waals surface area contributed by atoms with Crippen molar-refractivity contribution < 1.29 is 13.2 Å². The molecule has 0 aromatic heterocycles. The van der Waals surface area contributed by atoms with Crippen LogP contribution in [0.15, 0.2) is 36.0 Å². The summed E-state index contributed by atoms with van der Waals surface area (Å²) in [4.78, 5) is 0. The van der Waals surface area contributed by atoms with Crippen LogP contribution in [0.4, 0.5) is 13.2 Å². The molecule has 0 bridgehead atoms. The Bertz CT molecular complexity index is 236. The zero-order chi connectivity index (χ0) is 10.5. The normalized spacial score (nSPS) is 13.8. The maximum absolute atomic E-state index is 11.9. The molecule has 4 heteroatoms. The van der Waals surface area contributed by atoms with Gasteiger partial charge in [0.2, 0.25) is 0 Å². The number of alkyl halides is 3. The molecule has 0 amide bonds. The number of halogens is 3. The molecular formula is C9H12F3N. The van der Waals surface area contributed by atoms with Gasteiger partial charge in [-0.05, 0) is 12.5 Å². The first-order valence-electron chi connectivity index (χ1n) is 3.71. The second-order valence-corrected chi connectivity index (χ2v) is 2.42. The lowest BCUT2D eigenvalue weighted by atomic mass is 10.2. The summed E-state index contributed by atoms with van der Waals surface area (Å²) in [5, 5.41) is 0. The van der Waals surface area contributed by atoms with Crippen LogP contribution in [0.25, 0.3) is 0 Å². The largest absolute Gasteiger partial charge is 0.415 e. The van der Waals surface area contributed by atoms with Crippen molar-refractivity contribution in [1.29, 1.82) is 0 Å². The van der Waals surface area contributed by atoms with Crippen LogP contribution in [0.3, 0.4) is 0 Å². The van der Waals surface area contributed by atoms with Crippen molar-refractivity contribution in [2.45, 2.75) is 13.1 Å². The molecule has 0 saturated heterocycles.